The van der Waals surface area contributed by atoms with Crippen molar-refractivity contribution in [1.82, 2.24) is 5.48 Å². The van der Waals surface area contributed by atoms with Crippen LogP contribution in [0.25, 0.3) is 0 Å². The molecule has 0 saturated heterocycles. The summed E-state index contributed by atoms with van der Waals surface area (Å²) >= 11 is 29.4. The first-order valence-electron chi connectivity index (χ1n) is 6.93. The summed E-state index contributed by atoms with van der Waals surface area (Å²) in [5, 5.41) is 0.634. The molecule has 1 atom stereocenters. The second-order valence-corrected chi connectivity index (χ2v) is 8.08. The lowest BCUT2D eigenvalue weighted by Crippen LogP contribution is -2.46. The van der Waals surface area contributed by atoms with Crippen molar-refractivity contribution in [1.29, 1.82) is 0 Å². The summed E-state index contributed by atoms with van der Waals surface area (Å²) in [5.74, 6) is -0.370. The molecule has 0 amide bonds. The molecule has 0 radical (unpaired) electrons. The third-order valence-corrected chi connectivity index (χ3v) is 4.03. The van der Waals surface area contributed by atoms with Crippen LogP contribution in [-0.4, -0.2) is 16.0 Å². The smallest absolute Gasteiger partial charge is 0.329 e. The molecule has 2 aromatic carbocycles. The van der Waals surface area contributed by atoms with Gasteiger partial charge in [-0.25, -0.2) is 0 Å². The maximum atomic E-state index is 11.9. The summed E-state index contributed by atoms with van der Waals surface area (Å²) in [7, 11) is 0. The largest absolute Gasteiger partial charge is 0.466 e. The van der Waals surface area contributed by atoms with E-state index in [0.29, 0.717) is 5.02 Å². The van der Waals surface area contributed by atoms with Crippen LogP contribution in [0.1, 0.15) is 5.56 Å². The minimum absolute atomic E-state index is 0.0438. The predicted molar refractivity (Wildman–Crippen MR) is 101 cm³/mol. The quantitative estimate of drug-likeness (QED) is 0.371. The van der Waals surface area contributed by atoms with Gasteiger partial charge in [0, 0.05) is 5.02 Å². The molecule has 0 bridgehead atoms. The van der Waals surface area contributed by atoms with Gasteiger partial charge in [0.15, 0.2) is 0 Å². The highest BCUT2D eigenvalue weighted by Gasteiger charge is 2.36. The van der Waals surface area contributed by atoms with Crippen LogP contribution in [0.15, 0.2) is 48.5 Å². The molecule has 0 aliphatic rings. The number of hydroxylamine groups is 1. The van der Waals surface area contributed by atoms with Gasteiger partial charge in [-0.3, -0.25) is 4.79 Å². The fraction of sp³-hybridized carbons (Fsp3) is 0.188. The van der Waals surface area contributed by atoms with Gasteiger partial charge in [0.25, 0.3) is 0 Å². The third kappa shape index (κ3) is 6.74. The first-order valence-corrected chi connectivity index (χ1v) is 8.82. The number of carbonyl (C=O) groups is 1. The Hall–Kier alpha value is -0.880. The van der Waals surface area contributed by atoms with Crippen LogP contribution < -0.4 is 10.2 Å². The van der Waals surface area contributed by atoms with Crippen molar-refractivity contribution in [3.8, 4) is 5.75 Å². The van der Waals surface area contributed by atoms with E-state index in [-0.39, 0.29) is 17.2 Å². The normalized spacial score (nSPS) is 12.5. The lowest BCUT2D eigenvalue weighted by molar-refractivity contribution is -0.156. The Morgan fingerprint density at radius 2 is 1.76 bits per heavy atom. The minimum atomic E-state index is -1.93. The van der Waals surface area contributed by atoms with E-state index in [2.05, 4.69) is 5.48 Å². The molecule has 25 heavy (non-hydrogen) atoms. The summed E-state index contributed by atoms with van der Waals surface area (Å²) in [6.45, 7) is 0. The van der Waals surface area contributed by atoms with Crippen LogP contribution in [0.2, 0.25) is 10.0 Å². The topological polar surface area (TPSA) is 47.6 Å². The zero-order valence-corrected chi connectivity index (χ0v) is 16.3. The van der Waals surface area contributed by atoms with E-state index in [1.54, 1.807) is 18.2 Å². The highest BCUT2D eigenvalue weighted by Crippen LogP contribution is 2.35. The molecule has 2 aromatic rings. The van der Waals surface area contributed by atoms with E-state index in [4.69, 9.17) is 67.6 Å². The first-order chi connectivity index (χ1) is 11.8. The van der Waals surface area contributed by atoms with Gasteiger partial charge in [0.05, 0.1) is 11.4 Å². The number of hydrogen-bond donors (Lipinski definition) is 1. The average molecular weight is 444 g/mol. The second kappa shape index (κ2) is 9.17. The Kier molecular flexibility index (Phi) is 7.50. The molecule has 4 nitrogen and oxygen atoms in total. The Labute approximate surface area is 169 Å². The molecule has 0 spiro atoms. The van der Waals surface area contributed by atoms with E-state index in [1.165, 1.54) is 12.1 Å². The summed E-state index contributed by atoms with van der Waals surface area (Å²) in [4.78, 5) is 16.8. The molecule has 0 fully saturated rings. The van der Waals surface area contributed by atoms with E-state index in [0.717, 1.165) is 5.56 Å². The van der Waals surface area contributed by atoms with Gasteiger partial charge in [-0.15, -0.1) is 5.48 Å². The summed E-state index contributed by atoms with van der Waals surface area (Å²) in [5.41, 5.74) is 3.09. The van der Waals surface area contributed by atoms with Crippen LogP contribution in [0.4, 0.5) is 0 Å². The van der Waals surface area contributed by atoms with Crippen LogP contribution in [0.3, 0.4) is 0 Å². The molecular weight excluding hydrogens is 431 g/mol. The number of alkyl halides is 3. The molecule has 1 unspecified atom stereocenters. The van der Waals surface area contributed by atoms with E-state index in [9.17, 15) is 4.79 Å². The first kappa shape index (κ1) is 20.4. The molecular formula is C16H12Cl5NO3. The molecule has 0 aliphatic carbocycles. The molecule has 0 aromatic heterocycles. The number of ether oxygens (including phenoxy) is 1. The van der Waals surface area contributed by atoms with Crippen LogP contribution >= 0.6 is 58.0 Å². The van der Waals surface area contributed by atoms with Crippen LogP contribution in [-0.2, 0) is 16.1 Å². The summed E-state index contributed by atoms with van der Waals surface area (Å²) in [6, 6.07) is 13.6. The Balaban J connectivity index is 1.99. The zero-order valence-electron chi connectivity index (χ0n) is 12.5. The van der Waals surface area contributed by atoms with Crippen LogP contribution in [0, 0.1) is 0 Å². The van der Waals surface area contributed by atoms with Crippen molar-refractivity contribution in [2.45, 2.75) is 16.4 Å². The van der Waals surface area contributed by atoms with Gasteiger partial charge in [0.1, 0.15) is 5.75 Å². The number of halogens is 5. The van der Waals surface area contributed by atoms with Gasteiger partial charge in [0.2, 0.25) is 10.0 Å². The average Bonchev–Trinajstić information content (AvgIpc) is 2.53. The fourth-order valence-electron chi connectivity index (χ4n) is 1.77. The molecule has 134 valence electrons. The van der Waals surface area contributed by atoms with Crippen molar-refractivity contribution in [2.24, 2.45) is 0 Å². The second-order valence-electron chi connectivity index (χ2n) is 4.87. The van der Waals surface area contributed by atoms with Gasteiger partial charge < -0.3 is 9.57 Å². The van der Waals surface area contributed by atoms with E-state index < -0.39 is 16.0 Å². The minimum Gasteiger partial charge on any atom is -0.466 e. The summed E-state index contributed by atoms with van der Waals surface area (Å²) < 4.78 is 3.56. The van der Waals surface area contributed by atoms with Crippen molar-refractivity contribution < 1.29 is 14.4 Å². The number of rotatable bonds is 6. The lowest BCUT2D eigenvalue weighted by atomic mass is 10.2. The highest BCUT2D eigenvalue weighted by atomic mass is 35.6. The van der Waals surface area contributed by atoms with Crippen molar-refractivity contribution in [3.05, 3.63) is 64.1 Å². The van der Waals surface area contributed by atoms with Crippen LogP contribution in [0.5, 0.6) is 5.75 Å². The molecule has 0 aliphatic heterocycles. The molecule has 0 heterocycles. The fourth-order valence-corrected chi connectivity index (χ4v) is 2.49. The lowest BCUT2D eigenvalue weighted by Gasteiger charge is -2.25. The Morgan fingerprint density at radius 1 is 1.08 bits per heavy atom. The zero-order chi connectivity index (χ0) is 18.4. The number of benzene rings is 2. The number of nitrogens with one attached hydrogen (secondary N) is 1. The number of carbonyl (C=O) groups excluding carboxylic acids is 1. The third-order valence-electron chi connectivity index (χ3n) is 2.91. The van der Waals surface area contributed by atoms with Crippen molar-refractivity contribution in [3.63, 3.8) is 0 Å². The predicted octanol–water partition coefficient (Wildman–Crippen LogP) is 5.36. The van der Waals surface area contributed by atoms with Gasteiger partial charge in [-0.1, -0.05) is 88.3 Å². The van der Waals surface area contributed by atoms with Gasteiger partial charge >= 0.3 is 5.97 Å². The Morgan fingerprint density at radius 3 is 2.36 bits per heavy atom. The van der Waals surface area contributed by atoms with Crippen molar-refractivity contribution >= 4 is 64.0 Å². The number of hydrogen-bond acceptors (Lipinski definition) is 4. The molecule has 9 heteroatoms. The highest BCUT2D eigenvalue weighted by molar-refractivity contribution is 6.68. The SMILES string of the molecule is O=C(Cc1ccccc1)ONC(Oc1ccc(Cl)cc1Cl)C(Cl)(Cl)Cl. The van der Waals surface area contributed by atoms with Crippen molar-refractivity contribution in [2.75, 3.05) is 0 Å². The van der Waals surface area contributed by atoms with E-state index in [1.807, 2.05) is 18.2 Å². The molecule has 0 saturated carbocycles. The standard InChI is InChI=1S/C16H12Cl5NO3/c17-11-6-7-13(12(18)9-11)24-15(16(19,20)21)22-25-14(23)8-10-4-2-1-3-5-10/h1-7,9,15,22H,8H2. The summed E-state index contributed by atoms with van der Waals surface area (Å²) in [6.07, 6.45) is -1.25. The maximum Gasteiger partial charge on any atom is 0.329 e. The van der Waals surface area contributed by atoms with Gasteiger partial charge in [-0.2, -0.15) is 0 Å². The monoisotopic (exact) mass is 441 g/mol. The Bertz CT molecular complexity index is 721. The van der Waals surface area contributed by atoms with E-state index >= 15 is 0 Å². The maximum absolute atomic E-state index is 11.9. The molecule has 2 rings (SSSR count). The molecule has 1 N–H and O–H groups in total. The van der Waals surface area contributed by atoms with Gasteiger partial charge in [-0.05, 0) is 23.8 Å².